The van der Waals surface area contributed by atoms with E-state index in [-0.39, 0.29) is 62.2 Å². The fraction of sp³-hybridized carbons (Fsp3) is 0.614. The molecule has 446 valence electrons. The fourth-order valence-corrected chi connectivity index (χ4v) is 8.46. The molecule has 0 saturated carbocycles. The second kappa shape index (κ2) is 34.9. The number of aliphatic hydroxyl groups is 2. The summed E-state index contributed by atoms with van der Waals surface area (Å²) in [6.07, 6.45) is 0.751. The first kappa shape index (κ1) is 69.1. The van der Waals surface area contributed by atoms with Crippen LogP contribution in [0, 0.1) is 29.6 Å². The summed E-state index contributed by atoms with van der Waals surface area (Å²) in [7, 11) is 0. The molecular weight excluding hydrogens is 1030 g/mol. The summed E-state index contributed by atoms with van der Waals surface area (Å²) in [5.74, 6) is -9.41. The molecule has 0 aromatic heterocycles. The third-order valence-electron chi connectivity index (χ3n) is 13.1. The summed E-state index contributed by atoms with van der Waals surface area (Å²) >= 11 is 0. The first-order chi connectivity index (χ1) is 37.6. The van der Waals surface area contributed by atoms with Gasteiger partial charge < -0.3 is 68.9 Å². The monoisotopic (exact) mass is 1120 g/mol. The number of carbonyl (C=O) groups excluding carboxylic acids is 9. The van der Waals surface area contributed by atoms with Crippen LogP contribution in [0.1, 0.15) is 119 Å². The van der Waals surface area contributed by atoms with E-state index >= 15 is 0 Å². The number of nitrogens with one attached hydrogen (secondary N) is 9. The van der Waals surface area contributed by atoms with Crippen LogP contribution in [0.25, 0.3) is 0 Å². The molecule has 14 N–H and O–H groups in total. The van der Waals surface area contributed by atoms with Gasteiger partial charge in [-0.1, -0.05) is 136 Å². The van der Waals surface area contributed by atoms with E-state index in [9.17, 15) is 63.3 Å². The van der Waals surface area contributed by atoms with Crippen LogP contribution in [-0.2, 0) is 60.8 Å². The van der Waals surface area contributed by atoms with Gasteiger partial charge in [-0.05, 0) is 73.3 Å². The summed E-state index contributed by atoms with van der Waals surface area (Å²) in [5, 5.41) is 53.2. The van der Waals surface area contributed by atoms with Crippen molar-refractivity contribution in [3.63, 3.8) is 0 Å². The maximum Gasteiger partial charge on any atom is 0.326 e. The van der Waals surface area contributed by atoms with Crippen molar-refractivity contribution in [3.8, 4) is 0 Å². The quantitative estimate of drug-likeness (QED) is 0.0447. The Kier molecular flexibility index (Phi) is 30.2. The fourth-order valence-electron chi connectivity index (χ4n) is 8.46. The molecule has 0 saturated heterocycles. The second-order valence-corrected chi connectivity index (χ2v) is 22.2. The van der Waals surface area contributed by atoms with Crippen molar-refractivity contribution in [3.05, 3.63) is 71.8 Å². The highest BCUT2D eigenvalue weighted by atomic mass is 16.4. The Morgan fingerprint density at radius 1 is 0.400 bits per heavy atom. The van der Waals surface area contributed by atoms with Crippen molar-refractivity contribution in [2.45, 2.75) is 182 Å². The van der Waals surface area contributed by atoms with E-state index in [4.69, 9.17) is 5.73 Å². The number of hydrogen-bond acceptors (Lipinski definition) is 13. The van der Waals surface area contributed by atoms with Crippen LogP contribution >= 0.6 is 0 Å². The maximum atomic E-state index is 14.5. The molecule has 2 aromatic rings. The van der Waals surface area contributed by atoms with E-state index in [0.717, 1.165) is 0 Å². The number of nitrogens with two attached hydrogens (primary N) is 1. The summed E-state index contributed by atoms with van der Waals surface area (Å²) in [5.41, 5.74) is 6.96. The lowest BCUT2D eigenvalue weighted by molar-refractivity contribution is -0.143. The smallest absolute Gasteiger partial charge is 0.326 e. The van der Waals surface area contributed by atoms with Gasteiger partial charge in [0.2, 0.25) is 53.2 Å². The average molecular weight is 1120 g/mol. The van der Waals surface area contributed by atoms with Crippen molar-refractivity contribution in [2.24, 2.45) is 35.3 Å². The van der Waals surface area contributed by atoms with E-state index in [2.05, 4.69) is 47.9 Å². The van der Waals surface area contributed by atoms with Crippen molar-refractivity contribution < 1.29 is 63.3 Å². The van der Waals surface area contributed by atoms with Crippen molar-refractivity contribution >= 4 is 59.1 Å². The number of aliphatic carboxylic acids is 1. The highest BCUT2D eigenvalue weighted by molar-refractivity contribution is 5.98. The Balaban J connectivity index is 2.40. The lowest BCUT2D eigenvalue weighted by atomic mass is 9.96. The first-order valence-electron chi connectivity index (χ1n) is 27.6. The highest BCUT2D eigenvalue weighted by Gasteiger charge is 2.37. The molecule has 9 amide bonds. The lowest BCUT2D eigenvalue weighted by Crippen LogP contribution is -2.62. The topological polar surface area (TPSA) is 366 Å². The van der Waals surface area contributed by atoms with Gasteiger partial charge in [-0.15, -0.1) is 0 Å². The molecule has 0 radical (unpaired) electrons. The van der Waals surface area contributed by atoms with Crippen LogP contribution in [0.2, 0.25) is 0 Å². The van der Waals surface area contributed by atoms with Gasteiger partial charge in [-0.3, -0.25) is 43.2 Å². The summed E-state index contributed by atoms with van der Waals surface area (Å²) in [6, 6.07) is 4.36. The average Bonchev–Trinajstić information content (AvgIpc) is 3.39. The minimum absolute atomic E-state index is 0.0454. The zero-order valence-corrected chi connectivity index (χ0v) is 48.3. The molecule has 2 aromatic carbocycles. The van der Waals surface area contributed by atoms with Crippen LogP contribution in [0.5, 0.6) is 0 Å². The molecule has 0 aliphatic heterocycles. The molecule has 23 heteroatoms. The molecule has 0 heterocycles. The van der Waals surface area contributed by atoms with Gasteiger partial charge in [0, 0.05) is 12.8 Å². The van der Waals surface area contributed by atoms with E-state index in [0.29, 0.717) is 17.5 Å². The molecule has 0 spiro atoms. The van der Waals surface area contributed by atoms with Gasteiger partial charge in [0.25, 0.3) is 0 Å². The minimum Gasteiger partial charge on any atom is -0.480 e. The molecule has 0 bridgehead atoms. The standard InChI is InChI=1S/C57H90N10O13/c1-12-35(10)47(67-55(77)46(30-69)66-54(76)43(61-49(71)39(58)29-68)27-37-19-15-13-16-20-37)56(78)64-44(28-38-21-17-14-18-22-38)53(75)63-42(25-33(6)7)51(73)62-40(23-31(2)3)50(72)59-36(11)48(70)60-41(24-32(4)5)52(74)65-45(57(79)80)26-34(8)9/h13-22,31-36,39-47,68-69H,12,23-30,58H2,1-11H3,(H,59,72)(H,60,70)(H,61,71)(H,62,73)(H,63,75)(H,64,78)(H,65,74)(H,66,76)(H,67,77)(H,79,80)/t35-,36-,39-,40-,41-,42-,43-,44-,45-,46-,47-/m0/s1. The van der Waals surface area contributed by atoms with Gasteiger partial charge in [0.05, 0.1) is 13.2 Å². The molecule has 0 aliphatic rings. The Hall–Kier alpha value is -6.98. The van der Waals surface area contributed by atoms with E-state index in [1.165, 1.54) is 6.92 Å². The molecule has 0 unspecified atom stereocenters. The van der Waals surface area contributed by atoms with Crippen LogP contribution < -0.4 is 53.6 Å². The van der Waals surface area contributed by atoms with E-state index < -0.39 is 139 Å². The molecule has 0 aliphatic carbocycles. The molecule has 11 atom stereocenters. The number of carboxylic acids is 1. The maximum absolute atomic E-state index is 14.5. The SMILES string of the molecule is CC[C@H](C)[C@H](NC(=O)[C@H](CO)NC(=O)[C@H](Cc1ccccc1)NC(=O)[C@@H](N)CO)C(=O)N[C@@H](Cc1ccccc1)C(=O)N[C@@H](CC(C)C)C(=O)N[C@@H](CC(C)C)C(=O)N[C@@H](C)C(=O)N[C@@H](CC(C)C)C(=O)N[C@@H](CC(C)C)C(=O)O. The number of carboxylic acid groups (broad SMARTS) is 1. The first-order valence-corrected chi connectivity index (χ1v) is 27.6. The third kappa shape index (κ3) is 24.6. The Morgan fingerprint density at radius 3 is 1.10 bits per heavy atom. The van der Waals surface area contributed by atoms with Crippen LogP contribution in [-0.4, -0.2) is 148 Å². The highest BCUT2D eigenvalue weighted by Crippen LogP contribution is 2.15. The van der Waals surface area contributed by atoms with Crippen molar-refractivity contribution in [1.29, 1.82) is 0 Å². The summed E-state index contributed by atoms with van der Waals surface area (Å²) < 4.78 is 0. The van der Waals surface area contributed by atoms with Gasteiger partial charge in [-0.25, -0.2) is 4.79 Å². The Labute approximate surface area is 470 Å². The summed E-state index contributed by atoms with van der Waals surface area (Å²) in [6.45, 7) is 17.8. The van der Waals surface area contributed by atoms with Crippen LogP contribution in [0.4, 0.5) is 0 Å². The number of amides is 9. The minimum atomic E-state index is -1.63. The number of aliphatic hydroxyl groups excluding tert-OH is 2. The van der Waals surface area contributed by atoms with Gasteiger partial charge >= 0.3 is 5.97 Å². The van der Waals surface area contributed by atoms with Gasteiger partial charge in [0.1, 0.15) is 60.4 Å². The Bertz CT molecular complexity index is 2340. The number of rotatable bonds is 35. The van der Waals surface area contributed by atoms with Crippen molar-refractivity contribution in [2.75, 3.05) is 13.2 Å². The molecule has 0 fully saturated rings. The van der Waals surface area contributed by atoms with Crippen LogP contribution in [0.15, 0.2) is 60.7 Å². The summed E-state index contributed by atoms with van der Waals surface area (Å²) in [4.78, 5) is 136. The number of carbonyl (C=O) groups is 10. The van der Waals surface area contributed by atoms with Crippen LogP contribution in [0.3, 0.4) is 0 Å². The predicted octanol–water partition coefficient (Wildman–Crippen LogP) is 0.482. The zero-order valence-electron chi connectivity index (χ0n) is 48.3. The van der Waals surface area contributed by atoms with E-state index in [1.54, 1.807) is 74.5 Å². The number of hydrogen-bond donors (Lipinski definition) is 13. The molecular formula is C57H90N10O13. The largest absolute Gasteiger partial charge is 0.480 e. The van der Waals surface area contributed by atoms with Gasteiger partial charge in [0.15, 0.2) is 0 Å². The normalized spacial score (nSPS) is 15.5. The third-order valence-corrected chi connectivity index (χ3v) is 13.1. The van der Waals surface area contributed by atoms with E-state index in [1.807, 2.05) is 55.4 Å². The second-order valence-electron chi connectivity index (χ2n) is 22.2. The Morgan fingerprint density at radius 2 is 0.725 bits per heavy atom. The molecule has 2 rings (SSSR count). The predicted molar refractivity (Wildman–Crippen MR) is 300 cm³/mol. The molecule has 80 heavy (non-hydrogen) atoms. The van der Waals surface area contributed by atoms with Crippen molar-refractivity contribution in [1.82, 2.24) is 47.9 Å². The molecule has 23 nitrogen and oxygen atoms in total. The van der Waals surface area contributed by atoms with Gasteiger partial charge in [-0.2, -0.15) is 0 Å². The zero-order chi connectivity index (χ0) is 60.4. The number of benzene rings is 2. The lowest BCUT2D eigenvalue weighted by Gasteiger charge is -2.30.